The van der Waals surface area contributed by atoms with E-state index in [1.807, 2.05) is 75.5 Å². The summed E-state index contributed by atoms with van der Waals surface area (Å²) in [6.07, 6.45) is 3.63. The van der Waals surface area contributed by atoms with E-state index in [-0.39, 0.29) is 5.91 Å². The summed E-state index contributed by atoms with van der Waals surface area (Å²) in [5.41, 5.74) is 5.32. The van der Waals surface area contributed by atoms with Crippen molar-refractivity contribution in [1.29, 1.82) is 0 Å². The Bertz CT molecular complexity index is 1140. The van der Waals surface area contributed by atoms with Gasteiger partial charge in [-0.15, -0.1) is 0 Å². The third-order valence-corrected chi connectivity index (χ3v) is 4.92. The number of carbonyl (C=O) groups excluding carboxylic acids is 1. The Morgan fingerprint density at radius 3 is 2.55 bits per heavy atom. The minimum atomic E-state index is -0.130. The number of aryl methyl sites for hydroxylation is 3. The van der Waals surface area contributed by atoms with Crippen LogP contribution >= 0.6 is 0 Å². The number of benzene rings is 2. The number of rotatable bonds is 5. The summed E-state index contributed by atoms with van der Waals surface area (Å²) in [4.78, 5) is 17.1. The average molecular weight is 386 g/mol. The molecule has 0 aliphatic rings. The summed E-state index contributed by atoms with van der Waals surface area (Å²) < 4.78 is 7.63. The first-order chi connectivity index (χ1) is 14.0. The SMILES string of the molecule is Cc1ccc(C(=O)Nc2ccc(-c3nc(Cn4cccn4)c(C)o3)cc2)cc1C. The maximum absolute atomic E-state index is 12.5. The minimum absolute atomic E-state index is 0.130. The van der Waals surface area contributed by atoms with Crippen LogP contribution in [0.25, 0.3) is 11.5 Å². The van der Waals surface area contributed by atoms with Crippen molar-refractivity contribution in [3.05, 3.63) is 89.1 Å². The molecule has 29 heavy (non-hydrogen) atoms. The third kappa shape index (κ3) is 4.11. The van der Waals surface area contributed by atoms with Gasteiger partial charge in [-0.05, 0) is 74.4 Å². The summed E-state index contributed by atoms with van der Waals surface area (Å²) in [7, 11) is 0. The molecule has 0 aliphatic heterocycles. The molecule has 2 aromatic carbocycles. The van der Waals surface area contributed by atoms with Gasteiger partial charge in [-0.25, -0.2) is 4.98 Å². The molecule has 6 heteroatoms. The Labute approximate surface area is 169 Å². The lowest BCUT2D eigenvalue weighted by atomic mass is 10.1. The fraction of sp³-hybridized carbons (Fsp3) is 0.174. The number of carbonyl (C=O) groups is 1. The number of anilines is 1. The minimum Gasteiger partial charge on any atom is -0.441 e. The molecule has 0 fully saturated rings. The molecule has 0 unspecified atom stereocenters. The maximum atomic E-state index is 12.5. The molecule has 1 amide bonds. The molecule has 0 aliphatic carbocycles. The number of hydrogen-bond donors (Lipinski definition) is 1. The van der Waals surface area contributed by atoms with E-state index < -0.39 is 0 Å². The van der Waals surface area contributed by atoms with Gasteiger partial charge in [0.25, 0.3) is 5.91 Å². The molecule has 146 valence electrons. The topological polar surface area (TPSA) is 73.0 Å². The molecule has 0 radical (unpaired) electrons. The molecule has 0 bridgehead atoms. The van der Waals surface area contributed by atoms with Gasteiger partial charge in [0.1, 0.15) is 11.5 Å². The van der Waals surface area contributed by atoms with Gasteiger partial charge in [-0.3, -0.25) is 9.48 Å². The number of aromatic nitrogens is 3. The van der Waals surface area contributed by atoms with Crippen molar-refractivity contribution in [1.82, 2.24) is 14.8 Å². The highest BCUT2D eigenvalue weighted by molar-refractivity contribution is 6.04. The van der Waals surface area contributed by atoms with Crippen LogP contribution in [0.15, 0.2) is 65.3 Å². The van der Waals surface area contributed by atoms with Crippen LogP contribution in [0.1, 0.15) is 32.9 Å². The van der Waals surface area contributed by atoms with Gasteiger partial charge in [-0.2, -0.15) is 5.10 Å². The molecule has 6 nitrogen and oxygen atoms in total. The third-order valence-electron chi connectivity index (χ3n) is 4.92. The van der Waals surface area contributed by atoms with Crippen molar-refractivity contribution < 1.29 is 9.21 Å². The van der Waals surface area contributed by atoms with Crippen LogP contribution in [-0.4, -0.2) is 20.7 Å². The predicted molar refractivity (Wildman–Crippen MR) is 112 cm³/mol. The lowest BCUT2D eigenvalue weighted by Crippen LogP contribution is -2.12. The first-order valence-corrected chi connectivity index (χ1v) is 9.42. The fourth-order valence-electron chi connectivity index (χ4n) is 3.03. The summed E-state index contributed by atoms with van der Waals surface area (Å²) in [6.45, 7) is 6.49. The van der Waals surface area contributed by atoms with E-state index >= 15 is 0 Å². The lowest BCUT2D eigenvalue weighted by molar-refractivity contribution is 0.102. The van der Waals surface area contributed by atoms with Gasteiger partial charge in [0.2, 0.25) is 5.89 Å². The number of hydrogen-bond acceptors (Lipinski definition) is 4. The monoisotopic (exact) mass is 386 g/mol. The van der Waals surface area contributed by atoms with E-state index in [0.29, 0.717) is 18.0 Å². The maximum Gasteiger partial charge on any atom is 0.255 e. The molecule has 4 rings (SSSR count). The summed E-state index contributed by atoms with van der Waals surface area (Å²) in [6, 6.07) is 15.0. The predicted octanol–water partition coefficient (Wildman–Crippen LogP) is 4.76. The van der Waals surface area contributed by atoms with Crippen LogP contribution in [0.3, 0.4) is 0 Å². The summed E-state index contributed by atoms with van der Waals surface area (Å²) in [5, 5.41) is 7.13. The van der Waals surface area contributed by atoms with Crippen LogP contribution < -0.4 is 5.32 Å². The highest BCUT2D eigenvalue weighted by atomic mass is 16.4. The highest BCUT2D eigenvalue weighted by Gasteiger charge is 2.13. The second-order valence-corrected chi connectivity index (χ2v) is 7.06. The van der Waals surface area contributed by atoms with Crippen molar-refractivity contribution in [2.75, 3.05) is 5.32 Å². The van der Waals surface area contributed by atoms with Gasteiger partial charge in [0, 0.05) is 29.2 Å². The Balaban J connectivity index is 1.48. The van der Waals surface area contributed by atoms with Crippen molar-refractivity contribution in [2.24, 2.45) is 0 Å². The van der Waals surface area contributed by atoms with Crippen LogP contribution in [0, 0.1) is 20.8 Å². The molecular formula is C23H22N4O2. The van der Waals surface area contributed by atoms with E-state index in [1.165, 1.54) is 5.56 Å². The molecule has 2 aromatic heterocycles. The zero-order valence-electron chi connectivity index (χ0n) is 16.6. The van der Waals surface area contributed by atoms with Crippen LogP contribution in [0.2, 0.25) is 0 Å². The quantitative estimate of drug-likeness (QED) is 0.536. The number of amides is 1. The van der Waals surface area contributed by atoms with E-state index in [2.05, 4.69) is 15.4 Å². The molecule has 0 saturated heterocycles. The van der Waals surface area contributed by atoms with E-state index in [9.17, 15) is 4.79 Å². The van der Waals surface area contributed by atoms with Gasteiger partial charge in [0.15, 0.2) is 0 Å². The average Bonchev–Trinajstić information content (AvgIpc) is 3.35. The van der Waals surface area contributed by atoms with Crippen LogP contribution in [0.4, 0.5) is 5.69 Å². The van der Waals surface area contributed by atoms with Gasteiger partial charge >= 0.3 is 0 Å². The van der Waals surface area contributed by atoms with Crippen molar-refractivity contribution in [2.45, 2.75) is 27.3 Å². The van der Waals surface area contributed by atoms with E-state index in [4.69, 9.17) is 4.42 Å². The van der Waals surface area contributed by atoms with E-state index in [0.717, 1.165) is 28.3 Å². The van der Waals surface area contributed by atoms with Crippen LogP contribution in [-0.2, 0) is 6.54 Å². The lowest BCUT2D eigenvalue weighted by Gasteiger charge is -2.07. The first-order valence-electron chi connectivity index (χ1n) is 9.42. The molecule has 0 spiro atoms. The second-order valence-electron chi connectivity index (χ2n) is 7.06. The fourth-order valence-corrected chi connectivity index (χ4v) is 3.03. The number of oxazole rings is 1. The van der Waals surface area contributed by atoms with Gasteiger partial charge in [-0.1, -0.05) is 6.07 Å². The van der Waals surface area contributed by atoms with Gasteiger partial charge < -0.3 is 9.73 Å². The summed E-state index contributed by atoms with van der Waals surface area (Å²) >= 11 is 0. The zero-order valence-corrected chi connectivity index (χ0v) is 16.6. The smallest absolute Gasteiger partial charge is 0.255 e. The second kappa shape index (κ2) is 7.75. The van der Waals surface area contributed by atoms with Crippen molar-refractivity contribution >= 4 is 11.6 Å². The van der Waals surface area contributed by atoms with E-state index in [1.54, 1.807) is 10.9 Å². The first kappa shape index (κ1) is 18.7. The Morgan fingerprint density at radius 1 is 1.07 bits per heavy atom. The normalized spacial score (nSPS) is 10.9. The molecule has 1 N–H and O–H groups in total. The highest BCUT2D eigenvalue weighted by Crippen LogP contribution is 2.24. The Hall–Kier alpha value is -3.67. The molecule has 0 atom stereocenters. The molecule has 4 aromatic rings. The molecule has 2 heterocycles. The summed E-state index contributed by atoms with van der Waals surface area (Å²) in [5.74, 6) is 1.19. The number of nitrogens with one attached hydrogen (secondary N) is 1. The standard InChI is InChI=1S/C23H22N4O2/c1-15-5-6-19(13-16(15)2)22(28)25-20-9-7-18(8-10-20)23-26-21(17(3)29-23)14-27-12-4-11-24-27/h4-13H,14H2,1-3H3,(H,25,28). The van der Waals surface area contributed by atoms with Crippen molar-refractivity contribution in [3.8, 4) is 11.5 Å². The molecule has 0 saturated carbocycles. The Morgan fingerprint density at radius 2 is 1.86 bits per heavy atom. The molecular weight excluding hydrogens is 364 g/mol. The van der Waals surface area contributed by atoms with Gasteiger partial charge in [0.05, 0.1) is 6.54 Å². The van der Waals surface area contributed by atoms with Crippen molar-refractivity contribution in [3.63, 3.8) is 0 Å². The zero-order chi connectivity index (χ0) is 20.4. The van der Waals surface area contributed by atoms with Crippen LogP contribution in [0.5, 0.6) is 0 Å². The number of nitrogens with zero attached hydrogens (tertiary/aromatic N) is 3. The largest absolute Gasteiger partial charge is 0.441 e. The Kier molecular flexibility index (Phi) is 4.99.